The number of nitrogens with zero attached hydrogens (tertiary/aromatic N) is 2. The van der Waals surface area contributed by atoms with E-state index in [4.69, 9.17) is 10.6 Å². The molecule has 0 radical (unpaired) electrons. The Bertz CT molecular complexity index is 1890. The number of benzene rings is 7. The maximum Gasteiger partial charge on any atom is 0 e. The fraction of sp³-hybridized carbons (Fsp3) is 0.151. The summed E-state index contributed by atoms with van der Waals surface area (Å²) in [5, 5.41) is 13.4. The van der Waals surface area contributed by atoms with Crippen LogP contribution in [-0.4, -0.2) is 5.91 Å². The summed E-state index contributed by atoms with van der Waals surface area (Å²) in [6, 6.07) is 68.4. The summed E-state index contributed by atoms with van der Waals surface area (Å²) in [4.78, 5) is 0. The van der Waals surface area contributed by atoms with E-state index in [0.717, 1.165) is 22.4 Å². The smallest absolute Gasteiger partial charge is 0 e. The first-order valence-electron chi connectivity index (χ1n) is 19.3. The van der Waals surface area contributed by atoms with E-state index in [2.05, 4.69) is 158 Å². The van der Waals surface area contributed by atoms with E-state index in [0.29, 0.717) is 18.4 Å². The molecule has 0 aliphatic carbocycles. The van der Waals surface area contributed by atoms with Crippen molar-refractivity contribution >= 4 is 24.2 Å². The minimum atomic E-state index is -0.831. The molecular formula is C53H56N2PZr-5. The van der Waals surface area contributed by atoms with Gasteiger partial charge in [-0.3, -0.25) is 0 Å². The van der Waals surface area contributed by atoms with Gasteiger partial charge in [-0.2, -0.15) is 79.8 Å². The number of hydrogen-bond donors (Lipinski definition) is 0. The standard InChI is InChI=1S/C32H35N2P.3C7H7.Zr/c1-24(2)29-21-14-22-30(25(3)4)31(29)34-32(33-23-26-15-8-5-9-16-26)35(27-17-10-6-11-18-27)28-19-12-7-13-20-28;3*1-7-5-3-2-4-6-7;/h5-22,24-25,32H,23H2,1-4H3;3*2-6H,1H2;/q-2;3*-1;. The third-order valence-corrected chi connectivity index (χ3v) is 11.1. The Morgan fingerprint density at radius 2 is 0.737 bits per heavy atom. The quantitative estimate of drug-likeness (QED) is 0.0969. The zero-order valence-corrected chi connectivity index (χ0v) is 37.3. The molecule has 0 N–H and O–H groups in total. The van der Waals surface area contributed by atoms with E-state index in [1.54, 1.807) is 0 Å². The average molecular weight is 843 g/mol. The van der Waals surface area contributed by atoms with Gasteiger partial charge in [0.15, 0.2) is 0 Å². The minimum Gasteiger partial charge on any atom is -0.695 e. The number of para-hydroxylation sites is 1. The van der Waals surface area contributed by atoms with Crippen LogP contribution in [0.15, 0.2) is 200 Å². The normalized spacial score (nSPS) is 10.7. The molecule has 0 aliphatic rings. The Morgan fingerprint density at radius 3 is 1.04 bits per heavy atom. The molecular weight excluding hydrogens is 787 g/mol. The Hall–Kier alpha value is -4.78. The SMILES string of the molecule is CC(C)c1cccc(C(C)C)c1[N-]C([N-]Cc1ccccc1)P(c1ccccc1)c1ccccc1.[CH2-]c1ccccc1.[CH2-]c1ccccc1.[CH2-]c1ccccc1.[Zr]. The third-order valence-electron chi connectivity index (χ3n) is 8.70. The minimum absolute atomic E-state index is 0. The van der Waals surface area contributed by atoms with Crippen molar-refractivity contribution in [1.29, 1.82) is 0 Å². The molecule has 2 nitrogen and oxygen atoms in total. The second-order valence-corrected chi connectivity index (χ2v) is 16.1. The zero-order valence-electron chi connectivity index (χ0n) is 34.0. The summed E-state index contributed by atoms with van der Waals surface area (Å²) >= 11 is 0. The molecule has 292 valence electrons. The van der Waals surface area contributed by atoms with Crippen LogP contribution < -0.4 is 10.6 Å². The van der Waals surface area contributed by atoms with Crippen LogP contribution >= 0.6 is 7.92 Å². The fourth-order valence-electron chi connectivity index (χ4n) is 5.75. The van der Waals surface area contributed by atoms with E-state index in [-0.39, 0.29) is 32.1 Å². The summed E-state index contributed by atoms with van der Waals surface area (Å²) in [7, 11) is -0.831. The summed E-state index contributed by atoms with van der Waals surface area (Å²) < 4.78 is 0. The molecule has 0 spiro atoms. The molecule has 7 aromatic carbocycles. The molecule has 57 heavy (non-hydrogen) atoms. The van der Waals surface area contributed by atoms with Crippen LogP contribution in [0.3, 0.4) is 0 Å². The van der Waals surface area contributed by atoms with Gasteiger partial charge in [-0.1, -0.05) is 180 Å². The van der Waals surface area contributed by atoms with Crippen molar-refractivity contribution in [3.8, 4) is 0 Å². The van der Waals surface area contributed by atoms with Gasteiger partial charge in [-0.15, -0.1) is 48.6 Å². The zero-order chi connectivity index (χ0) is 40.0. The number of hydrogen-bond acceptors (Lipinski definition) is 0. The van der Waals surface area contributed by atoms with Gasteiger partial charge in [0, 0.05) is 26.2 Å². The van der Waals surface area contributed by atoms with Crippen LogP contribution in [0, 0.1) is 20.8 Å². The first-order chi connectivity index (χ1) is 27.2. The summed E-state index contributed by atoms with van der Waals surface area (Å²) in [6.07, 6.45) is 0. The van der Waals surface area contributed by atoms with Crippen molar-refractivity contribution in [2.75, 3.05) is 0 Å². The van der Waals surface area contributed by atoms with Gasteiger partial charge >= 0.3 is 0 Å². The Kier molecular flexibility index (Phi) is 21.4. The Balaban J connectivity index is 0.000000317. The van der Waals surface area contributed by atoms with Crippen LogP contribution in [0.5, 0.6) is 0 Å². The van der Waals surface area contributed by atoms with Gasteiger partial charge in [0.25, 0.3) is 0 Å². The van der Waals surface area contributed by atoms with Gasteiger partial charge in [-0.05, 0) is 22.4 Å². The van der Waals surface area contributed by atoms with Crippen molar-refractivity contribution in [3.05, 3.63) is 265 Å². The maximum absolute atomic E-state index is 5.53. The van der Waals surface area contributed by atoms with Crippen LogP contribution in [0.2, 0.25) is 0 Å². The maximum atomic E-state index is 5.53. The van der Waals surface area contributed by atoms with E-state index in [1.807, 2.05) is 91.0 Å². The second kappa shape index (κ2) is 26.2. The topological polar surface area (TPSA) is 28.2 Å². The van der Waals surface area contributed by atoms with Gasteiger partial charge in [0.1, 0.15) is 0 Å². The first-order valence-corrected chi connectivity index (χ1v) is 20.7. The molecule has 0 heterocycles. The van der Waals surface area contributed by atoms with Crippen LogP contribution in [0.4, 0.5) is 5.69 Å². The predicted octanol–water partition coefficient (Wildman–Crippen LogP) is 14.5. The van der Waals surface area contributed by atoms with Crippen molar-refractivity contribution in [2.45, 2.75) is 52.0 Å². The van der Waals surface area contributed by atoms with E-state index < -0.39 is 7.92 Å². The molecule has 0 saturated carbocycles. The molecule has 4 heteroatoms. The predicted molar refractivity (Wildman–Crippen MR) is 247 cm³/mol. The molecule has 1 atom stereocenters. The summed E-state index contributed by atoms with van der Waals surface area (Å²) in [5.74, 6) is 0.594. The van der Waals surface area contributed by atoms with Crippen molar-refractivity contribution in [3.63, 3.8) is 0 Å². The average Bonchev–Trinajstić information content (AvgIpc) is 3.22. The third kappa shape index (κ3) is 16.7. The van der Waals surface area contributed by atoms with Crippen molar-refractivity contribution < 1.29 is 26.2 Å². The monoisotopic (exact) mass is 841 g/mol. The van der Waals surface area contributed by atoms with E-state index in [1.165, 1.54) is 27.3 Å². The van der Waals surface area contributed by atoms with Gasteiger partial charge < -0.3 is 10.6 Å². The molecule has 0 aliphatic heterocycles. The van der Waals surface area contributed by atoms with Gasteiger partial charge in [0.2, 0.25) is 0 Å². The molecule has 1 unspecified atom stereocenters. The fourth-order valence-corrected chi connectivity index (χ4v) is 8.05. The summed E-state index contributed by atoms with van der Waals surface area (Å²) in [5.41, 5.74) is 8.15. The first kappa shape index (κ1) is 46.6. The molecule has 0 saturated heterocycles. The Morgan fingerprint density at radius 1 is 0.421 bits per heavy atom. The van der Waals surface area contributed by atoms with Crippen LogP contribution in [0.25, 0.3) is 10.6 Å². The molecule has 7 rings (SSSR count). The molecule has 0 aromatic heterocycles. The molecule has 7 aromatic rings. The summed E-state index contributed by atoms with van der Waals surface area (Å²) in [6.45, 7) is 20.8. The van der Waals surface area contributed by atoms with E-state index >= 15 is 0 Å². The van der Waals surface area contributed by atoms with Gasteiger partial charge in [-0.25, -0.2) is 0 Å². The molecule has 0 fully saturated rings. The van der Waals surface area contributed by atoms with Crippen molar-refractivity contribution in [2.24, 2.45) is 0 Å². The number of rotatable bonds is 10. The largest absolute Gasteiger partial charge is 0.695 e. The van der Waals surface area contributed by atoms with Crippen LogP contribution in [0.1, 0.15) is 72.9 Å². The molecule has 0 amide bonds. The van der Waals surface area contributed by atoms with E-state index in [9.17, 15) is 0 Å². The van der Waals surface area contributed by atoms with Crippen molar-refractivity contribution in [1.82, 2.24) is 0 Å². The van der Waals surface area contributed by atoms with Crippen LogP contribution in [-0.2, 0) is 32.7 Å². The second-order valence-electron chi connectivity index (χ2n) is 13.9. The molecule has 0 bridgehead atoms. The Labute approximate surface area is 365 Å². The van der Waals surface area contributed by atoms with Gasteiger partial charge in [0.05, 0.1) is 0 Å².